The standard InChI is InChI=1S/C23H28N2O3/c1-26-22-16-20(8-12-24-22)27-19-5-6-21-17(15-19)7-9-23(28-21)10-13-25(14-11-23)18-3-2-4-18/h5-6,8,12,15-16,18H,2-4,7,9-11,13-14H2,1H3. The topological polar surface area (TPSA) is 43.8 Å². The summed E-state index contributed by atoms with van der Waals surface area (Å²) in [6, 6.07) is 10.7. The highest BCUT2D eigenvalue weighted by atomic mass is 16.5. The van der Waals surface area contributed by atoms with Crippen LogP contribution in [0.2, 0.25) is 0 Å². The molecule has 3 aliphatic rings. The summed E-state index contributed by atoms with van der Waals surface area (Å²) in [5.41, 5.74) is 1.28. The molecule has 0 N–H and O–H groups in total. The number of piperidine rings is 1. The molecule has 1 aromatic carbocycles. The Morgan fingerprint density at radius 1 is 1.07 bits per heavy atom. The van der Waals surface area contributed by atoms with E-state index >= 15 is 0 Å². The van der Waals surface area contributed by atoms with E-state index in [-0.39, 0.29) is 5.60 Å². The molecule has 3 heterocycles. The number of aryl methyl sites for hydroxylation is 1. The maximum absolute atomic E-state index is 6.57. The zero-order valence-electron chi connectivity index (χ0n) is 16.5. The largest absolute Gasteiger partial charge is 0.487 e. The number of nitrogens with zero attached hydrogens (tertiary/aromatic N) is 2. The van der Waals surface area contributed by atoms with E-state index in [2.05, 4.69) is 22.0 Å². The first kappa shape index (κ1) is 17.8. The number of rotatable bonds is 4. The smallest absolute Gasteiger partial charge is 0.216 e. The molecule has 0 unspecified atom stereocenters. The molecule has 5 rings (SSSR count). The average Bonchev–Trinajstić information content (AvgIpc) is 2.69. The van der Waals surface area contributed by atoms with Crippen molar-refractivity contribution in [3.63, 3.8) is 0 Å². The molecule has 2 aliphatic heterocycles. The third-order valence-corrected chi connectivity index (χ3v) is 6.66. The van der Waals surface area contributed by atoms with E-state index < -0.39 is 0 Å². The molecule has 0 radical (unpaired) electrons. The fourth-order valence-corrected chi connectivity index (χ4v) is 4.66. The molecule has 5 nitrogen and oxygen atoms in total. The van der Waals surface area contributed by atoms with Crippen LogP contribution in [0.3, 0.4) is 0 Å². The van der Waals surface area contributed by atoms with Crippen molar-refractivity contribution in [1.29, 1.82) is 0 Å². The van der Waals surface area contributed by atoms with Crippen molar-refractivity contribution < 1.29 is 14.2 Å². The van der Waals surface area contributed by atoms with E-state index in [1.165, 1.54) is 37.9 Å². The number of hydrogen-bond donors (Lipinski definition) is 0. The second-order valence-corrected chi connectivity index (χ2v) is 8.31. The summed E-state index contributed by atoms with van der Waals surface area (Å²) in [4.78, 5) is 6.81. The number of likely N-dealkylation sites (tertiary alicyclic amines) is 1. The third-order valence-electron chi connectivity index (χ3n) is 6.66. The van der Waals surface area contributed by atoms with Crippen molar-refractivity contribution in [1.82, 2.24) is 9.88 Å². The van der Waals surface area contributed by atoms with Crippen molar-refractivity contribution in [3.8, 4) is 23.1 Å². The second kappa shape index (κ2) is 7.28. The van der Waals surface area contributed by atoms with Gasteiger partial charge >= 0.3 is 0 Å². The highest BCUT2D eigenvalue weighted by Crippen LogP contribution is 2.42. The van der Waals surface area contributed by atoms with Gasteiger partial charge in [0.05, 0.1) is 7.11 Å². The predicted molar refractivity (Wildman–Crippen MR) is 107 cm³/mol. The number of benzene rings is 1. The molecule has 0 bridgehead atoms. The Morgan fingerprint density at radius 2 is 1.89 bits per heavy atom. The van der Waals surface area contributed by atoms with Crippen LogP contribution in [0.5, 0.6) is 23.1 Å². The molecule has 2 fully saturated rings. The van der Waals surface area contributed by atoms with E-state index in [1.807, 2.05) is 12.1 Å². The summed E-state index contributed by atoms with van der Waals surface area (Å²) in [7, 11) is 1.61. The van der Waals surface area contributed by atoms with E-state index in [1.54, 1.807) is 19.4 Å². The lowest BCUT2D eigenvalue weighted by Gasteiger charge is -2.48. The fraction of sp³-hybridized carbons (Fsp3) is 0.522. The van der Waals surface area contributed by atoms with Crippen molar-refractivity contribution in [2.24, 2.45) is 0 Å². The Balaban J connectivity index is 1.26. The third kappa shape index (κ3) is 3.44. The van der Waals surface area contributed by atoms with Gasteiger partial charge in [0.1, 0.15) is 22.8 Å². The number of pyridine rings is 1. The normalized spacial score (nSPS) is 21.5. The highest BCUT2D eigenvalue weighted by molar-refractivity contribution is 5.44. The summed E-state index contributed by atoms with van der Waals surface area (Å²) < 4.78 is 17.7. The van der Waals surface area contributed by atoms with E-state index in [0.717, 1.165) is 49.0 Å². The second-order valence-electron chi connectivity index (χ2n) is 8.31. The minimum absolute atomic E-state index is 0.0358. The Morgan fingerprint density at radius 3 is 2.64 bits per heavy atom. The summed E-state index contributed by atoms with van der Waals surface area (Å²) in [6.45, 7) is 2.37. The molecule has 0 atom stereocenters. The molecule has 1 aromatic heterocycles. The van der Waals surface area contributed by atoms with Gasteiger partial charge in [-0.2, -0.15) is 0 Å². The van der Waals surface area contributed by atoms with Gasteiger partial charge in [-0.1, -0.05) is 6.42 Å². The number of fused-ring (bicyclic) bond motifs is 1. The van der Waals surface area contributed by atoms with Gasteiger partial charge in [0.15, 0.2) is 0 Å². The predicted octanol–water partition coefficient (Wildman–Crippen LogP) is 4.59. The van der Waals surface area contributed by atoms with Gasteiger partial charge in [-0.15, -0.1) is 0 Å². The van der Waals surface area contributed by atoms with Gasteiger partial charge in [-0.05, 0) is 68.4 Å². The van der Waals surface area contributed by atoms with Crippen molar-refractivity contribution in [3.05, 3.63) is 42.1 Å². The van der Waals surface area contributed by atoms with Gasteiger partial charge in [0.25, 0.3) is 0 Å². The lowest BCUT2D eigenvalue weighted by atomic mass is 9.81. The fourth-order valence-electron chi connectivity index (χ4n) is 4.66. The Bertz CT molecular complexity index is 841. The van der Waals surface area contributed by atoms with Crippen LogP contribution >= 0.6 is 0 Å². The first-order chi connectivity index (χ1) is 13.7. The molecule has 1 saturated heterocycles. The van der Waals surface area contributed by atoms with Gasteiger partial charge in [-0.25, -0.2) is 4.98 Å². The summed E-state index contributed by atoms with van der Waals surface area (Å²) >= 11 is 0. The lowest BCUT2D eigenvalue weighted by Crippen LogP contribution is -2.53. The Labute approximate surface area is 166 Å². The molecule has 1 aliphatic carbocycles. The minimum Gasteiger partial charge on any atom is -0.487 e. The van der Waals surface area contributed by atoms with Crippen molar-refractivity contribution in [2.75, 3.05) is 20.2 Å². The van der Waals surface area contributed by atoms with Gasteiger partial charge in [0, 0.05) is 31.4 Å². The quantitative estimate of drug-likeness (QED) is 0.776. The number of hydrogen-bond acceptors (Lipinski definition) is 5. The van der Waals surface area contributed by atoms with E-state index in [4.69, 9.17) is 14.2 Å². The van der Waals surface area contributed by atoms with Crippen LogP contribution < -0.4 is 14.2 Å². The van der Waals surface area contributed by atoms with Crippen LogP contribution in [0.15, 0.2) is 36.5 Å². The van der Waals surface area contributed by atoms with Crippen LogP contribution in [-0.4, -0.2) is 41.7 Å². The molecule has 1 saturated carbocycles. The van der Waals surface area contributed by atoms with E-state index in [0.29, 0.717) is 5.88 Å². The SMILES string of the molecule is COc1cc(Oc2ccc3c(c2)CCC2(CCN(C4CCC4)CC2)O3)ccn1. The number of methoxy groups -OCH3 is 1. The molecule has 1 spiro atoms. The molecular weight excluding hydrogens is 352 g/mol. The van der Waals surface area contributed by atoms with E-state index in [9.17, 15) is 0 Å². The molecule has 148 valence electrons. The van der Waals surface area contributed by atoms with Crippen molar-refractivity contribution >= 4 is 0 Å². The van der Waals surface area contributed by atoms with Crippen LogP contribution in [0.4, 0.5) is 0 Å². The molecular formula is C23H28N2O3. The molecule has 0 amide bonds. The van der Waals surface area contributed by atoms with Crippen molar-refractivity contribution in [2.45, 2.75) is 56.6 Å². The minimum atomic E-state index is 0.0358. The van der Waals surface area contributed by atoms with Gasteiger partial charge < -0.3 is 19.1 Å². The highest BCUT2D eigenvalue weighted by Gasteiger charge is 2.41. The number of ether oxygens (including phenoxy) is 3. The summed E-state index contributed by atoms with van der Waals surface area (Å²) in [6.07, 6.45) is 10.3. The van der Waals surface area contributed by atoms with Crippen LogP contribution in [0.25, 0.3) is 0 Å². The Kier molecular flexibility index (Phi) is 4.63. The Hall–Kier alpha value is -2.27. The molecule has 28 heavy (non-hydrogen) atoms. The zero-order chi connectivity index (χ0) is 19.0. The maximum Gasteiger partial charge on any atom is 0.216 e. The van der Waals surface area contributed by atoms with Crippen LogP contribution in [-0.2, 0) is 6.42 Å². The van der Waals surface area contributed by atoms with Crippen LogP contribution in [0, 0.1) is 0 Å². The maximum atomic E-state index is 6.57. The van der Waals surface area contributed by atoms with Gasteiger partial charge in [-0.3, -0.25) is 0 Å². The zero-order valence-corrected chi connectivity index (χ0v) is 16.5. The monoisotopic (exact) mass is 380 g/mol. The summed E-state index contributed by atoms with van der Waals surface area (Å²) in [5, 5.41) is 0. The molecule has 5 heteroatoms. The first-order valence-electron chi connectivity index (χ1n) is 10.5. The number of aromatic nitrogens is 1. The molecule has 2 aromatic rings. The average molecular weight is 380 g/mol. The van der Waals surface area contributed by atoms with Gasteiger partial charge in [0.2, 0.25) is 5.88 Å². The summed E-state index contributed by atoms with van der Waals surface area (Å²) in [5.74, 6) is 3.13. The lowest BCUT2D eigenvalue weighted by molar-refractivity contribution is -0.0337. The first-order valence-corrected chi connectivity index (χ1v) is 10.5. The van der Waals surface area contributed by atoms with Crippen LogP contribution in [0.1, 0.15) is 44.1 Å².